The number of anilines is 1. The smallest absolute Gasteiger partial charge is 0.237 e. The Morgan fingerprint density at radius 3 is 2.67 bits per heavy atom. The number of nitrogens with zero attached hydrogens (tertiary/aromatic N) is 1. The fourth-order valence-corrected chi connectivity index (χ4v) is 1.80. The molecule has 0 bridgehead atoms. The van der Waals surface area contributed by atoms with E-state index >= 15 is 0 Å². The first-order valence-electron chi connectivity index (χ1n) is 3.88. The first kappa shape index (κ1) is 13.1. The zero-order chi connectivity index (χ0) is 11.6. The minimum absolute atomic E-state index is 0.0965. The van der Waals surface area contributed by atoms with Gasteiger partial charge in [-0.25, -0.2) is 9.37 Å². The molecule has 0 radical (unpaired) electrons. The topological polar surface area (TPSA) is 42.0 Å². The third kappa shape index (κ3) is 3.49. The van der Waals surface area contributed by atoms with Crippen LogP contribution < -0.4 is 5.32 Å². The van der Waals surface area contributed by atoms with Gasteiger partial charge in [-0.15, -0.1) is 0 Å². The van der Waals surface area contributed by atoms with Crippen molar-refractivity contribution in [3.8, 4) is 0 Å². The zero-order valence-corrected chi connectivity index (χ0v) is 12.3. The third-order valence-corrected chi connectivity index (χ3v) is 3.08. The van der Waals surface area contributed by atoms with Crippen LogP contribution in [0.2, 0.25) is 0 Å². The lowest BCUT2D eigenvalue weighted by Gasteiger charge is -2.08. The number of rotatable bonds is 2. The summed E-state index contributed by atoms with van der Waals surface area (Å²) in [5.74, 6) is -0.796. The SMILES string of the molecule is CC(Br)C(=O)Nc1cc(F)c(Br)nc1Br. The van der Waals surface area contributed by atoms with E-state index in [1.54, 1.807) is 6.92 Å². The van der Waals surface area contributed by atoms with E-state index in [0.717, 1.165) is 0 Å². The van der Waals surface area contributed by atoms with E-state index in [0.29, 0.717) is 10.3 Å². The molecular weight excluding hydrogens is 399 g/mol. The Labute approximate surface area is 111 Å². The van der Waals surface area contributed by atoms with Gasteiger partial charge in [0, 0.05) is 6.07 Å². The summed E-state index contributed by atoms with van der Waals surface area (Å²) in [5, 5.41) is 2.52. The highest BCUT2D eigenvalue weighted by Gasteiger charge is 2.13. The fourth-order valence-electron chi connectivity index (χ4n) is 0.765. The van der Waals surface area contributed by atoms with Gasteiger partial charge in [-0.3, -0.25) is 4.79 Å². The molecule has 0 fully saturated rings. The van der Waals surface area contributed by atoms with Crippen molar-refractivity contribution in [2.75, 3.05) is 5.32 Å². The van der Waals surface area contributed by atoms with Gasteiger partial charge in [0.05, 0.1) is 10.5 Å². The number of carbonyl (C=O) groups excluding carboxylic acids is 1. The second-order valence-electron chi connectivity index (χ2n) is 2.70. The van der Waals surface area contributed by atoms with Gasteiger partial charge in [0.25, 0.3) is 0 Å². The van der Waals surface area contributed by atoms with Crippen LogP contribution in [0.15, 0.2) is 15.3 Å². The standard InChI is InChI=1S/C8H6Br3FN2O/c1-3(9)8(15)13-5-2-4(12)6(10)14-7(5)11/h2-3H,1H3,(H,13,15). The summed E-state index contributed by atoms with van der Waals surface area (Å²) in [6.45, 7) is 1.67. The first-order valence-corrected chi connectivity index (χ1v) is 6.38. The maximum Gasteiger partial charge on any atom is 0.237 e. The Hall–Kier alpha value is -0.0100. The van der Waals surface area contributed by atoms with Gasteiger partial charge < -0.3 is 5.32 Å². The second-order valence-corrected chi connectivity index (χ2v) is 5.58. The molecule has 3 nitrogen and oxygen atoms in total. The molecule has 1 amide bonds. The summed E-state index contributed by atoms with van der Waals surface area (Å²) < 4.78 is 13.6. The van der Waals surface area contributed by atoms with Gasteiger partial charge in [-0.1, -0.05) is 15.9 Å². The van der Waals surface area contributed by atoms with Crippen molar-refractivity contribution in [2.24, 2.45) is 0 Å². The van der Waals surface area contributed by atoms with Gasteiger partial charge in [-0.05, 0) is 38.8 Å². The number of alkyl halides is 1. The average molecular weight is 405 g/mol. The summed E-state index contributed by atoms with van der Waals surface area (Å²) in [5.41, 5.74) is 0.298. The van der Waals surface area contributed by atoms with Gasteiger partial charge in [0.1, 0.15) is 9.21 Å². The molecule has 1 unspecified atom stereocenters. The number of amides is 1. The molecule has 0 aromatic carbocycles. The molecule has 0 aliphatic carbocycles. The Kier molecular flexibility index (Phi) is 4.66. The quantitative estimate of drug-likeness (QED) is 0.606. The zero-order valence-electron chi connectivity index (χ0n) is 7.52. The van der Waals surface area contributed by atoms with Gasteiger partial charge in [0.15, 0.2) is 5.82 Å². The minimum Gasteiger partial charge on any atom is -0.323 e. The Morgan fingerprint density at radius 1 is 1.53 bits per heavy atom. The van der Waals surface area contributed by atoms with Crippen LogP contribution in [-0.2, 0) is 4.79 Å². The van der Waals surface area contributed by atoms with Gasteiger partial charge in [-0.2, -0.15) is 0 Å². The third-order valence-electron chi connectivity index (χ3n) is 1.51. The number of nitrogens with one attached hydrogen (secondary N) is 1. The minimum atomic E-state index is -0.532. The molecule has 1 aromatic rings. The molecular formula is C8H6Br3FN2O. The Bertz CT molecular complexity index is 398. The molecule has 1 rings (SSSR count). The van der Waals surface area contributed by atoms with Crippen LogP contribution in [0.4, 0.5) is 10.1 Å². The van der Waals surface area contributed by atoms with Crippen LogP contribution in [0.3, 0.4) is 0 Å². The Balaban J connectivity index is 2.96. The van der Waals surface area contributed by atoms with Crippen molar-refractivity contribution in [1.29, 1.82) is 0 Å². The van der Waals surface area contributed by atoms with Gasteiger partial charge in [0.2, 0.25) is 5.91 Å². The van der Waals surface area contributed by atoms with E-state index in [4.69, 9.17) is 0 Å². The molecule has 0 aliphatic heterocycles. The summed E-state index contributed by atoms with van der Waals surface area (Å²) in [7, 11) is 0. The van der Waals surface area contributed by atoms with Gasteiger partial charge >= 0.3 is 0 Å². The van der Waals surface area contributed by atoms with Crippen LogP contribution in [0, 0.1) is 5.82 Å². The highest BCUT2D eigenvalue weighted by atomic mass is 79.9. The van der Waals surface area contributed by atoms with Crippen LogP contribution in [-0.4, -0.2) is 15.7 Å². The molecule has 0 saturated carbocycles. The Morgan fingerprint density at radius 2 is 2.13 bits per heavy atom. The summed E-state index contributed by atoms with van der Waals surface area (Å²) >= 11 is 9.16. The number of aromatic nitrogens is 1. The molecule has 1 atom stereocenters. The maximum atomic E-state index is 13.1. The van der Waals surface area contributed by atoms with E-state index < -0.39 is 5.82 Å². The van der Waals surface area contributed by atoms with Crippen molar-refractivity contribution < 1.29 is 9.18 Å². The monoisotopic (exact) mass is 402 g/mol. The molecule has 1 aromatic heterocycles. The van der Waals surface area contributed by atoms with E-state index in [-0.39, 0.29) is 15.3 Å². The van der Waals surface area contributed by atoms with E-state index in [2.05, 4.69) is 58.1 Å². The first-order chi connectivity index (χ1) is 6.91. The van der Waals surface area contributed by atoms with Crippen LogP contribution in [0.1, 0.15) is 6.92 Å². The summed E-state index contributed by atoms with van der Waals surface area (Å²) in [6, 6.07) is 1.19. The molecule has 1 heterocycles. The van der Waals surface area contributed by atoms with Crippen molar-refractivity contribution in [3.63, 3.8) is 0 Å². The molecule has 82 valence electrons. The number of hydrogen-bond donors (Lipinski definition) is 1. The lowest BCUT2D eigenvalue weighted by atomic mass is 10.4. The lowest BCUT2D eigenvalue weighted by molar-refractivity contribution is -0.115. The van der Waals surface area contributed by atoms with Crippen LogP contribution in [0.5, 0.6) is 0 Å². The molecule has 0 aliphatic rings. The number of carbonyl (C=O) groups is 1. The van der Waals surface area contributed by atoms with Crippen molar-refractivity contribution in [1.82, 2.24) is 4.98 Å². The lowest BCUT2D eigenvalue weighted by Crippen LogP contribution is -2.20. The predicted octanol–water partition coefficient (Wildman–Crippen LogP) is 3.47. The van der Waals surface area contributed by atoms with E-state index in [1.165, 1.54) is 6.07 Å². The second kappa shape index (κ2) is 5.36. The number of halogens is 4. The summed E-state index contributed by atoms with van der Waals surface area (Å²) in [4.78, 5) is 14.8. The fraction of sp³-hybridized carbons (Fsp3) is 0.250. The van der Waals surface area contributed by atoms with Crippen molar-refractivity contribution in [2.45, 2.75) is 11.8 Å². The van der Waals surface area contributed by atoms with E-state index in [1.807, 2.05) is 0 Å². The molecule has 7 heteroatoms. The number of hydrogen-bond acceptors (Lipinski definition) is 2. The molecule has 0 saturated heterocycles. The largest absolute Gasteiger partial charge is 0.323 e. The summed E-state index contributed by atoms with van der Waals surface area (Å²) in [6.07, 6.45) is 0. The normalized spacial score (nSPS) is 12.3. The molecule has 15 heavy (non-hydrogen) atoms. The highest BCUT2D eigenvalue weighted by Crippen LogP contribution is 2.25. The average Bonchev–Trinajstić information content (AvgIpc) is 2.13. The maximum absolute atomic E-state index is 13.1. The molecule has 0 spiro atoms. The van der Waals surface area contributed by atoms with E-state index in [9.17, 15) is 9.18 Å². The highest BCUT2D eigenvalue weighted by molar-refractivity contribution is 9.11. The predicted molar refractivity (Wildman–Crippen MR) is 66.6 cm³/mol. The van der Waals surface area contributed by atoms with Crippen LogP contribution in [0.25, 0.3) is 0 Å². The van der Waals surface area contributed by atoms with Crippen LogP contribution >= 0.6 is 47.8 Å². The van der Waals surface area contributed by atoms with Crippen molar-refractivity contribution >= 4 is 59.4 Å². The molecule has 1 N–H and O–H groups in total. The number of pyridine rings is 1. The van der Waals surface area contributed by atoms with Crippen molar-refractivity contribution in [3.05, 3.63) is 21.1 Å².